The van der Waals surface area contributed by atoms with Crippen molar-refractivity contribution in [2.24, 2.45) is 0 Å². The zero-order valence-electron chi connectivity index (χ0n) is 10.8. The predicted molar refractivity (Wildman–Crippen MR) is 59.6 cm³/mol. The van der Waals surface area contributed by atoms with Crippen LogP contribution in [0.5, 0.6) is 0 Å². The molecule has 0 aromatic carbocycles. The molecule has 4 unspecified atom stereocenters. The molecule has 4 atom stereocenters. The van der Waals surface area contributed by atoms with Gasteiger partial charge >= 0.3 is 0 Å². The molecule has 0 spiro atoms. The smallest absolute Gasteiger partial charge is 0.164 e. The third kappa shape index (κ3) is 3.87. The molecule has 0 aromatic rings. The van der Waals surface area contributed by atoms with Crippen molar-refractivity contribution < 1.29 is 29.2 Å². The Balaban J connectivity index is 2.70. The lowest BCUT2D eigenvalue weighted by atomic mass is 10.0. The molecule has 0 radical (unpaired) electrons. The molecule has 1 heterocycles. The third-order valence-corrected chi connectivity index (χ3v) is 2.60. The number of hydrogen-bond acceptors (Lipinski definition) is 6. The van der Waals surface area contributed by atoms with Gasteiger partial charge in [-0.25, -0.2) is 0 Å². The first-order chi connectivity index (χ1) is 7.91. The SMILES string of the molecule is COCC(O)C1OC(C)(C)OC1C(O)COC. The largest absolute Gasteiger partial charge is 0.388 e. The Labute approximate surface area is 101 Å². The standard InChI is InChI=1S/C11H22O6/c1-11(2)16-9(7(12)5-14-3)10(17-11)8(13)6-15-4/h7-10,12-13H,5-6H2,1-4H3. The molecule has 1 aliphatic rings. The fourth-order valence-corrected chi connectivity index (χ4v) is 1.94. The number of aliphatic hydroxyl groups is 2. The molecule has 6 nitrogen and oxygen atoms in total. The summed E-state index contributed by atoms with van der Waals surface area (Å²) in [5.41, 5.74) is 0. The van der Waals surface area contributed by atoms with Crippen molar-refractivity contribution in [3.05, 3.63) is 0 Å². The van der Waals surface area contributed by atoms with Crippen LogP contribution >= 0.6 is 0 Å². The van der Waals surface area contributed by atoms with Crippen LogP contribution in [0.25, 0.3) is 0 Å². The summed E-state index contributed by atoms with van der Waals surface area (Å²) >= 11 is 0. The van der Waals surface area contributed by atoms with Gasteiger partial charge in [-0.2, -0.15) is 0 Å². The van der Waals surface area contributed by atoms with Crippen molar-refractivity contribution in [3.8, 4) is 0 Å². The van der Waals surface area contributed by atoms with E-state index in [9.17, 15) is 10.2 Å². The first-order valence-corrected chi connectivity index (χ1v) is 5.61. The molecule has 0 bridgehead atoms. The van der Waals surface area contributed by atoms with E-state index in [-0.39, 0.29) is 13.2 Å². The number of rotatable bonds is 6. The first-order valence-electron chi connectivity index (χ1n) is 5.61. The van der Waals surface area contributed by atoms with Crippen molar-refractivity contribution in [3.63, 3.8) is 0 Å². The molecule has 2 N–H and O–H groups in total. The second kappa shape index (κ2) is 6.08. The van der Waals surface area contributed by atoms with E-state index >= 15 is 0 Å². The van der Waals surface area contributed by atoms with Crippen LogP contribution < -0.4 is 0 Å². The van der Waals surface area contributed by atoms with Gasteiger partial charge in [-0.1, -0.05) is 0 Å². The number of aliphatic hydroxyl groups excluding tert-OH is 2. The highest BCUT2D eigenvalue weighted by Crippen LogP contribution is 2.31. The Morgan fingerprint density at radius 1 is 1.00 bits per heavy atom. The molecule has 102 valence electrons. The zero-order chi connectivity index (χ0) is 13.1. The second-order valence-corrected chi connectivity index (χ2v) is 4.61. The zero-order valence-corrected chi connectivity index (χ0v) is 10.8. The van der Waals surface area contributed by atoms with E-state index in [0.717, 1.165) is 0 Å². The Bertz CT molecular complexity index is 210. The van der Waals surface area contributed by atoms with Gasteiger partial charge in [0.2, 0.25) is 0 Å². The lowest BCUT2D eigenvalue weighted by molar-refractivity contribution is -0.164. The lowest BCUT2D eigenvalue weighted by Gasteiger charge is -2.24. The van der Waals surface area contributed by atoms with Crippen molar-refractivity contribution in [1.29, 1.82) is 0 Å². The molecule has 0 saturated carbocycles. The molecular weight excluding hydrogens is 228 g/mol. The normalized spacial score (nSPS) is 31.4. The average molecular weight is 250 g/mol. The maximum Gasteiger partial charge on any atom is 0.164 e. The summed E-state index contributed by atoms with van der Waals surface area (Å²) in [4.78, 5) is 0. The minimum absolute atomic E-state index is 0.125. The average Bonchev–Trinajstić information content (AvgIpc) is 2.55. The third-order valence-electron chi connectivity index (χ3n) is 2.60. The summed E-state index contributed by atoms with van der Waals surface area (Å²) in [5.74, 6) is -0.835. The van der Waals surface area contributed by atoms with E-state index in [1.807, 2.05) is 0 Å². The summed E-state index contributed by atoms with van der Waals surface area (Å²) < 4.78 is 20.9. The van der Waals surface area contributed by atoms with E-state index in [1.165, 1.54) is 14.2 Å². The molecule has 1 rings (SSSR count). The molecule has 0 aliphatic carbocycles. The van der Waals surface area contributed by atoms with Crippen LogP contribution in [-0.4, -0.2) is 67.8 Å². The van der Waals surface area contributed by atoms with Gasteiger partial charge in [0.1, 0.15) is 24.4 Å². The molecule has 0 aromatic heterocycles. The van der Waals surface area contributed by atoms with Crippen LogP contribution in [0.2, 0.25) is 0 Å². The maximum absolute atomic E-state index is 9.89. The first kappa shape index (κ1) is 14.8. The highest BCUT2D eigenvalue weighted by Gasteiger charge is 2.47. The summed E-state index contributed by atoms with van der Waals surface area (Å²) in [6.45, 7) is 3.72. The monoisotopic (exact) mass is 250 g/mol. The van der Waals surface area contributed by atoms with Crippen molar-refractivity contribution in [2.45, 2.75) is 44.1 Å². The van der Waals surface area contributed by atoms with Crippen LogP contribution in [-0.2, 0) is 18.9 Å². The van der Waals surface area contributed by atoms with Gasteiger partial charge in [0, 0.05) is 14.2 Å². The second-order valence-electron chi connectivity index (χ2n) is 4.61. The molecule has 1 saturated heterocycles. The number of methoxy groups -OCH3 is 2. The van der Waals surface area contributed by atoms with Crippen molar-refractivity contribution in [1.82, 2.24) is 0 Å². The molecule has 1 aliphatic heterocycles. The van der Waals surface area contributed by atoms with E-state index in [4.69, 9.17) is 18.9 Å². The summed E-state index contributed by atoms with van der Waals surface area (Å²) in [5, 5.41) is 19.8. The van der Waals surface area contributed by atoms with Gasteiger partial charge in [-0.3, -0.25) is 0 Å². The Morgan fingerprint density at radius 3 is 1.65 bits per heavy atom. The van der Waals surface area contributed by atoms with E-state index < -0.39 is 30.2 Å². The molecule has 0 amide bonds. The van der Waals surface area contributed by atoms with E-state index in [0.29, 0.717) is 0 Å². The number of ether oxygens (including phenoxy) is 4. The van der Waals surface area contributed by atoms with Crippen LogP contribution in [0.1, 0.15) is 13.8 Å². The molecular formula is C11H22O6. The van der Waals surface area contributed by atoms with Gasteiger partial charge in [0.05, 0.1) is 13.2 Å². The predicted octanol–water partition coefficient (Wildman–Crippen LogP) is -0.479. The minimum atomic E-state index is -0.849. The van der Waals surface area contributed by atoms with Gasteiger partial charge in [-0.15, -0.1) is 0 Å². The van der Waals surface area contributed by atoms with Crippen LogP contribution in [0, 0.1) is 0 Å². The highest BCUT2D eigenvalue weighted by molar-refractivity contribution is 4.90. The maximum atomic E-state index is 9.89. The molecule has 17 heavy (non-hydrogen) atoms. The Hall–Kier alpha value is -0.240. The summed E-state index contributed by atoms with van der Waals surface area (Å²) in [6.07, 6.45) is -2.96. The molecule has 1 fully saturated rings. The minimum Gasteiger partial charge on any atom is -0.388 e. The van der Waals surface area contributed by atoms with Gasteiger partial charge < -0.3 is 29.2 Å². The Kier molecular flexibility index (Phi) is 5.30. The van der Waals surface area contributed by atoms with Crippen molar-refractivity contribution >= 4 is 0 Å². The van der Waals surface area contributed by atoms with Gasteiger partial charge in [-0.05, 0) is 13.8 Å². The van der Waals surface area contributed by atoms with Crippen molar-refractivity contribution in [2.75, 3.05) is 27.4 Å². The van der Waals surface area contributed by atoms with Crippen LogP contribution in [0.4, 0.5) is 0 Å². The van der Waals surface area contributed by atoms with Gasteiger partial charge in [0.15, 0.2) is 5.79 Å². The highest BCUT2D eigenvalue weighted by atomic mass is 16.8. The topological polar surface area (TPSA) is 77.4 Å². The van der Waals surface area contributed by atoms with Crippen LogP contribution in [0.15, 0.2) is 0 Å². The summed E-state index contributed by atoms with van der Waals surface area (Å²) in [7, 11) is 2.98. The lowest BCUT2D eigenvalue weighted by Crippen LogP contribution is -2.45. The Morgan fingerprint density at radius 2 is 1.35 bits per heavy atom. The summed E-state index contributed by atoms with van der Waals surface area (Å²) in [6, 6.07) is 0. The van der Waals surface area contributed by atoms with Gasteiger partial charge in [0.25, 0.3) is 0 Å². The molecule has 6 heteroatoms. The fourth-order valence-electron chi connectivity index (χ4n) is 1.94. The van der Waals surface area contributed by atoms with E-state index in [1.54, 1.807) is 13.8 Å². The van der Waals surface area contributed by atoms with Crippen LogP contribution in [0.3, 0.4) is 0 Å². The number of hydrogen-bond donors (Lipinski definition) is 2. The quantitative estimate of drug-likeness (QED) is 0.663. The fraction of sp³-hybridized carbons (Fsp3) is 1.00. The van der Waals surface area contributed by atoms with E-state index in [2.05, 4.69) is 0 Å².